The quantitative estimate of drug-likeness (QED) is 0.766. The maximum absolute atomic E-state index is 3.56. The second-order valence-corrected chi connectivity index (χ2v) is 5.91. The van der Waals surface area contributed by atoms with Gasteiger partial charge in [-0.25, -0.2) is 0 Å². The first-order valence-electron chi connectivity index (χ1n) is 6.58. The van der Waals surface area contributed by atoms with Crippen molar-refractivity contribution in [1.29, 1.82) is 0 Å². The summed E-state index contributed by atoms with van der Waals surface area (Å²) < 4.78 is 0. The van der Waals surface area contributed by atoms with E-state index in [0.29, 0.717) is 0 Å². The van der Waals surface area contributed by atoms with Crippen LogP contribution in [0.4, 0.5) is 0 Å². The molecular weight excluding hydrogens is 198 g/mol. The fraction of sp³-hybridized carbons (Fsp3) is 1.00. The Bertz CT molecular complexity index is 201. The highest BCUT2D eigenvalue weighted by Crippen LogP contribution is 2.16. The minimum Gasteiger partial charge on any atom is -0.311 e. The zero-order valence-corrected chi connectivity index (χ0v) is 11.7. The molecule has 1 atom stereocenters. The molecule has 0 aliphatic carbocycles. The van der Waals surface area contributed by atoms with Gasteiger partial charge < -0.3 is 10.2 Å². The molecule has 0 spiro atoms. The Morgan fingerprint density at radius 3 is 2.62 bits per heavy atom. The molecule has 0 saturated carbocycles. The van der Waals surface area contributed by atoms with Gasteiger partial charge in [0.2, 0.25) is 0 Å². The molecule has 1 aliphatic rings. The van der Waals surface area contributed by atoms with Crippen molar-refractivity contribution in [3.8, 4) is 0 Å². The van der Waals surface area contributed by atoms with Crippen LogP contribution >= 0.6 is 0 Å². The van der Waals surface area contributed by atoms with E-state index in [2.05, 4.69) is 50.0 Å². The number of nitrogens with zero attached hydrogens (tertiary/aromatic N) is 2. The van der Waals surface area contributed by atoms with E-state index in [1.807, 2.05) is 0 Å². The number of hydrogen-bond donors (Lipinski definition) is 1. The molecule has 1 rings (SSSR count). The molecule has 0 aromatic rings. The molecule has 96 valence electrons. The Morgan fingerprint density at radius 2 is 2.06 bits per heavy atom. The van der Waals surface area contributed by atoms with Crippen molar-refractivity contribution >= 4 is 0 Å². The van der Waals surface area contributed by atoms with Crippen molar-refractivity contribution in [3.05, 3.63) is 0 Å². The Hall–Kier alpha value is -0.120. The van der Waals surface area contributed by atoms with Crippen molar-refractivity contribution < 1.29 is 0 Å². The van der Waals surface area contributed by atoms with Gasteiger partial charge in [0.1, 0.15) is 0 Å². The molecule has 16 heavy (non-hydrogen) atoms. The van der Waals surface area contributed by atoms with E-state index in [9.17, 15) is 0 Å². The van der Waals surface area contributed by atoms with Gasteiger partial charge in [0.15, 0.2) is 0 Å². The molecule has 1 N–H and O–H groups in total. The van der Waals surface area contributed by atoms with Crippen LogP contribution in [-0.2, 0) is 0 Å². The number of likely N-dealkylation sites (tertiary alicyclic amines) is 1. The summed E-state index contributed by atoms with van der Waals surface area (Å²) in [5.74, 6) is 0. The highest BCUT2D eigenvalue weighted by molar-refractivity contribution is 4.85. The second kappa shape index (κ2) is 5.99. The Balaban J connectivity index is 2.42. The standard InChI is InChI=1S/C13H29N3/c1-6-14-13(2,3)11-16-9-7-8-12(10-16)15(4)5/h12,14H,6-11H2,1-5H3. The average Bonchev–Trinajstić information content (AvgIpc) is 2.17. The van der Waals surface area contributed by atoms with E-state index in [0.717, 1.165) is 19.1 Å². The van der Waals surface area contributed by atoms with Crippen LogP contribution in [0.2, 0.25) is 0 Å². The lowest BCUT2D eigenvalue weighted by molar-refractivity contribution is 0.109. The van der Waals surface area contributed by atoms with Crippen LogP contribution < -0.4 is 5.32 Å². The molecule has 3 nitrogen and oxygen atoms in total. The largest absolute Gasteiger partial charge is 0.311 e. The summed E-state index contributed by atoms with van der Waals surface area (Å²) in [6.07, 6.45) is 2.69. The Morgan fingerprint density at radius 1 is 1.38 bits per heavy atom. The zero-order valence-electron chi connectivity index (χ0n) is 11.7. The minimum absolute atomic E-state index is 0.239. The van der Waals surface area contributed by atoms with Gasteiger partial charge in [-0.15, -0.1) is 0 Å². The van der Waals surface area contributed by atoms with Crippen molar-refractivity contribution in [1.82, 2.24) is 15.1 Å². The van der Waals surface area contributed by atoms with Gasteiger partial charge >= 0.3 is 0 Å². The summed E-state index contributed by atoms with van der Waals surface area (Å²) in [4.78, 5) is 4.98. The summed E-state index contributed by atoms with van der Waals surface area (Å²) in [7, 11) is 4.40. The molecular formula is C13H29N3. The Labute approximate surface area is 101 Å². The number of piperidine rings is 1. The van der Waals surface area contributed by atoms with Gasteiger partial charge in [0, 0.05) is 24.7 Å². The second-order valence-electron chi connectivity index (χ2n) is 5.91. The lowest BCUT2D eigenvalue weighted by Crippen LogP contribution is -2.53. The van der Waals surface area contributed by atoms with Crippen LogP contribution in [-0.4, -0.2) is 61.7 Å². The van der Waals surface area contributed by atoms with Crippen LogP contribution in [0.1, 0.15) is 33.6 Å². The normalized spacial score (nSPS) is 24.0. The van der Waals surface area contributed by atoms with E-state index in [1.54, 1.807) is 0 Å². The van der Waals surface area contributed by atoms with Crippen molar-refractivity contribution in [2.24, 2.45) is 0 Å². The van der Waals surface area contributed by atoms with Gasteiger partial charge in [0.25, 0.3) is 0 Å². The van der Waals surface area contributed by atoms with Crippen LogP contribution in [0.15, 0.2) is 0 Å². The number of likely N-dealkylation sites (N-methyl/N-ethyl adjacent to an activating group) is 2. The molecule has 1 saturated heterocycles. The minimum atomic E-state index is 0.239. The predicted molar refractivity (Wildman–Crippen MR) is 70.9 cm³/mol. The Kier molecular flexibility index (Phi) is 5.22. The maximum atomic E-state index is 3.56. The van der Waals surface area contributed by atoms with Gasteiger partial charge in [0.05, 0.1) is 0 Å². The molecule has 0 radical (unpaired) electrons. The summed E-state index contributed by atoms with van der Waals surface area (Å²) >= 11 is 0. The molecule has 0 aromatic carbocycles. The number of rotatable bonds is 5. The van der Waals surface area contributed by atoms with Gasteiger partial charge in [-0.3, -0.25) is 4.90 Å². The summed E-state index contributed by atoms with van der Waals surface area (Å²) in [6.45, 7) is 11.5. The van der Waals surface area contributed by atoms with Crippen LogP contribution in [0, 0.1) is 0 Å². The molecule has 1 aliphatic heterocycles. The molecule has 1 unspecified atom stereocenters. The average molecular weight is 227 g/mol. The molecule has 1 fully saturated rings. The fourth-order valence-corrected chi connectivity index (χ4v) is 2.69. The third-order valence-corrected chi connectivity index (χ3v) is 3.49. The first-order valence-corrected chi connectivity index (χ1v) is 6.58. The van der Waals surface area contributed by atoms with E-state index in [4.69, 9.17) is 0 Å². The van der Waals surface area contributed by atoms with Crippen molar-refractivity contribution in [2.45, 2.75) is 45.2 Å². The highest BCUT2D eigenvalue weighted by Gasteiger charge is 2.26. The zero-order chi connectivity index (χ0) is 12.2. The fourth-order valence-electron chi connectivity index (χ4n) is 2.69. The van der Waals surface area contributed by atoms with Crippen LogP contribution in [0.5, 0.6) is 0 Å². The number of nitrogens with one attached hydrogen (secondary N) is 1. The van der Waals surface area contributed by atoms with Crippen LogP contribution in [0.3, 0.4) is 0 Å². The van der Waals surface area contributed by atoms with Crippen molar-refractivity contribution in [3.63, 3.8) is 0 Å². The topological polar surface area (TPSA) is 18.5 Å². The van der Waals surface area contributed by atoms with Crippen LogP contribution in [0.25, 0.3) is 0 Å². The first-order chi connectivity index (χ1) is 7.44. The highest BCUT2D eigenvalue weighted by atomic mass is 15.2. The molecule has 0 aromatic heterocycles. The lowest BCUT2D eigenvalue weighted by atomic mass is 10.00. The van der Waals surface area contributed by atoms with Gasteiger partial charge in [-0.1, -0.05) is 6.92 Å². The van der Waals surface area contributed by atoms with E-state index < -0.39 is 0 Å². The molecule has 0 bridgehead atoms. The third kappa shape index (κ3) is 4.40. The van der Waals surface area contributed by atoms with Gasteiger partial charge in [-0.05, 0) is 53.9 Å². The molecule has 0 amide bonds. The molecule has 3 heteroatoms. The third-order valence-electron chi connectivity index (χ3n) is 3.49. The van der Waals surface area contributed by atoms with E-state index in [-0.39, 0.29) is 5.54 Å². The predicted octanol–water partition coefficient (Wildman–Crippen LogP) is 1.40. The van der Waals surface area contributed by atoms with Gasteiger partial charge in [-0.2, -0.15) is 0 Å². The van der Waals surface area contributed by atoms with Crippen molar-refractivity contribution in [2.75, 3.05) is 40.3 Å². The van der Waals surface area contributed by atoms with E-state index in [1.165, 1.54) is 25.9 Å². The summed E-state index contributed by atoms with van der Waals surface area (Å²) in [5.41, 5.74) is 0.239. The summed E-state index contributed by atoms with van der Waals surface area (Å²) in [5, 5.41) is 3.56. The smallest absolute Gasteiger partial charge is 0.0252 e. The maximum Gasteiger partial charge on any atom is 0.0252 e. The molecule has 1 heterocycles. The van der Waals surface area contributed by atoms with E-state index >= 15 is 0 Å². The SMILES string of the molecule is CCNC(C)(C)CN1CCCC(N(C)C)C1. The first kappa shape index (κ1) is 13.9. The number of hydrogen-bond acceptors (Lipinski definition) is 3. The monoisotopic (exact) mass is 227 g/mol. The summed E-state index contributed by atoms with van der Waals surface area (Å²) in [6, 6.07) is 0.742. The lowest BCUT2D eigenvalue weighted by Gasteiger charge is -2.40.